The molecular formula is C24H30N6O3. The van der Waals surface area contributed by atoms with E-state index in [4.69, 9.17) is 5.10 Å². The number of rotatable bonds is 4. The zero-order chi connectivity index (χ0) is 22.3. The van der Waals surface area contributed by atoms with Crippen molar-refractivity contribution in [3.63, 3.8) is 0 Å². The number of amides is 2. The van der Waals surface area contributed by atoms with Gasteiger partial charge in [0.1, 0.15) is 5.82 Å². The minimum Gasteiger partial charge on any atom is -0.390 e. The molecule has 6 aliphatic rings. The molecule has 2 amide bonds. The lowest BCUT2D eigenvalue weighted by atomic mass is 9.52. The molecule has 3 heterocycles. The van der Waals surface area contributed by atoms with Crippen molar-refractivity contribution in [1.82, 2.24) is 20.1 Å². The van der Waals surface area contributed by atoms with Crippen LogP contribution < -0.4 is 16.0 Å². The van der Waals surface area contributed by atoms with Crippen LogP contribution in [0.1, 0.15) is 56.6 Å². The van der Waals surface area contributed by atoms with E-state index < -0.39 is 17.4 Å². The van der Waals surface area contributed by atoms with Crippen molar-refractivity contribution < 1.29 is 14.7 Å². The summed E-state index contributed by atoms with van der Waals surface area (Å²) in [7, 11) is 0. The minimum absolute atomic E-state index is 0.200. The van der Waals surface area contributed by atoms with Gasteiger partial charge in [-0.25, -0.2) is 0 Å². The number of aromatic nitrogens is 3. The highest BCUT2D eigenvalue weighted by Crippen LogP contribution is 2.60. The van der Waals surface area contributed by atoms with E-state index in [-0.39, 0.29) is 6.04 Å². The number of aliphatic hydroxyl groups is 1. The fourth-order valence-corrected chi connectivity index (χ4v) is 7.29. The average Bonchev–Trinajstić information content (AvgIpc) is 3.35. The van der Waals surface area contributed by atoms with Gasteiger partial charge in [0.25, 0.3) is 0 Å². The Kier molecular flexibility index (Phi) is 4.08. The number of hydrogen-bond acceptors (Lipinski definition) is 5. The number of hydrogen-bond donors (Lipinski definition) is 5. The second kappa shape index (κ2) is 6.85. The molecule has 0 radical (unpaired) electrons. The van der Waals surface area contributed by atoms with Crippen molar-refractivity contribution in [3.05, 3.63) is 17.8 Å². The van der Waals surface area contributed by atoms with Crippen molar-refractivity contribution in [2.45, 2.75) is 63.1 Å². The Morgan fingerprint density at radius 3 is 2.70 bits per heavy atom. The zero-order valence-corrected chi connectivity index (χ0v) is 18.6. The fourth-order valence-electron chi connectivity index (χ4n) is 7.29. The van der Waals surface area contributed by atoms with Crippen LogP contribution in [-0.4, -0.2) is 43.8 Å². The van der Waals surface area contributed by atoms with Crippen molar-refractivity contribution >= 4 is 23.5 Å². The summed E-state index contributed by atoms with van der Waals surface area (Å²) in [5.74, 6) is 2.02. The topological polar surface area (TPSA) is 124 Å². The van der Waals surface area contributed by atoms with E-state index >= 15 is 0 Å². The maximum absolute atomic E-state index is 12.7. The molecule has 33 heavy (non-hydrogen) atoms. The Labute approximate surface area is 191 Å². The molecule has 3 unspecified atom stereocenters. The van der Waals surface area contributed by atoms with E-state index in [9.17, 15) is 14.7 Å². The van der Waals surface area contributed by atoms with Gasteiger partial charge in [-0.3, -0.25) is 14.3 Å². The molecule has 4 bridgehead atoms. The third-order valence-electron chi connectivity index (χ3n) is 8.61. The first-order chi connectivity index (χ1) is 16.0. The molecule has 0 spiro atoms. The van der Waals surface area contributed by atoms with Gasteiger partial charge in [-0.15, -0.1) is 0 Å². The first-order valence-electron chi connectivity index (χ1n) is 12.3. The smallest absolute Gasteiger partial charge is 0.314 e. The molecule has 1 aliphatic heterocycles. The monoisotopic (exact) mass is 450 g/mol. The van der Waals surface area contributed by atoms with Gasteiger partial charge in [0, 0.05) is 30.4 Å². The molecule has 2 aromatic rings. The standard InChI is InChI=1S/C24H30N6O3/c31-22(27-10-12-1-2-12)23(32)28-21-17-11-26-20-16(3-4-25-20)19(17)30(29-21)18-14-5-13-6-15(18)9-24(33,7-13)8-14/h3-4,12-15,18,25-26,33H,1-2,5-11H2,(H,27,31)(H,28,29,32)/t13?,14-,15+,18?,24?. The molecule has 2 aromatic heterocycles. The van der Waals surface area contributed by atoms with Gasteiger partial charge in [0.2, 0.25) is 0 Å². The van der Waals surface area contributed by atoms with E-state index in [0.29, 0.717) is 42.6 Å². The van der Waals surface area contributed by atoms with Crippen molar-refractivity contribution in [1.29, 1.82) is 0 Å². The predicted molar refractivity (Wildman–Crippen MR) is 121 cm³/mol. The van der Waals surface area contributed by atoms with E-state index in [2.05, 4.69) is 25.6 Å². The van der Waals surface area contributed by atoms with E-state index in [0.717, 1.165) is 67.6 Å². The summed E-state index contributed by atoms with van der Waals surface area (Å²) < 4.78 is 2.12. The quantitative estimate of drug-likeness (QED) is 0.458. The van der Waals surface area contributed by atoms with Crippen LogP contribution in [0, 0.1) is 23.7 Å². The highest BCUT2D eigenvalue weighted by molar-refractivity contribution is 6.39. The summed E-state index contributed by atoms with van der Waals surface area (Å²) >= 11 is 0. The van der Waals surface area contributed by atoms with E-state index in [1.165, 1.54) is 0 Å². The van der Waals surface area contributed by atoms with Gasteiger partial charge in [-0.2, -0.15) is 5.10 Å². The van der Waals surface area contributed by atoms with Crippen LogP contribution in [0.3, 0.4) is 0 Å². The highest BCUT2D eigenvalue weighted by atomic mass is 16.3. The summed E-state index contributed by atoms with van der Waals surface area (Å²) in [4.78, 5) is 28.3. The number of fused-ring (bicyclic) bond motifs is 3. The maximum Gasteiger partial charge on any atom is 0.314 e. The molecule has 5 N–H and O–H groups in total. The third-order valence-corrected chi connectivity index (χ3v) is 8.61. The fraction of sp³-hybridized carbons (Fsp3) is 0.625. The summed E-state index contributed by atoms with van der Waals surface area (Å²) in [6.45, 7) is 1.08. The van der Waals surface area contributed by atoms with Crippen LogP contribution in [0.4, 0.5) is 11.6 Å². The number of nitrogens with zero attached hydrogens (tertiary/aromatic N) is 2. The molecule has 9 nitrogen and oxygen atoms in total. The molecule has 5 atom stereocenters. The van der Waals surface area contributed by atoms with E-state index in [1.807, 2.05) is 12.3 Å². The Morgan fingerprint density at radius 2 is 1.97 bits per heavy atom. The molecule has 0 saturated heterocycles. The van der Waals surface area contributed by atoms with Gasteiger partial charge in [-0.1, -0.05) is 0 Å². The molecule has 8 rings (SSSR count). The highest BCUT2D eigenvalue weighted by Gasteiger charge is 2.56. The first kappa shape index (κ1) is 19.6. The lowest BCUT2D eigenvalue weighted by Gasteiger charge is -2.58. The number of nitrogens with one attached hydrogen (secondary N) is 4. The maximum atomic E-state index is 12.7. The SMILES string of the molecule is O=C(NCC1CC1)C(=O)Nc1nn(C2[C@@H]3CC4C[C@H]2CC(O)(C4)C3)c2c1CNc1[nH]ccc1-2. The summed E-state index contributed by atoms with van der Waals surface area (Å²) in [5.41, 5.74) is 2.45. The van der Waals surface area contributed by atoms with Crippen molar-refractivity contribution in [2.24, 2.45) is 23.7 Å². The molecule has 174 valence electrons. The normalized spacial score (nSPS) is 33.2. The first-order valence-corrected chi connectivity index (χ1v) is 12.3. The summed E-state index contributed by atoms with van der Waals surface area (Å²) in [6, 6.07) is 2.24. The van der Waals surface area contributed by atoms with Crippen LogP contribution >= 0.6 is 0 Å². The molecule has 9 heteroatoms. The van der Waals surface area contributed by atoms with Crippen molar-refractivity contribution in [3.8, 4) is 11.3 Å². The van der Waals surface area contributed by atoms with Gasteiger partial charge in [0.15, 0.2) is 5.82 Å². The summed E-state index contributed by atoms with van der Waals surface area (Å²) in [6.07, 6.45) is 8.98. The van der Waals surface area contributed by atoms with Gasteiger partial charge in [0.05, 0.1) is 17.3 Å². The second-order valence-electron chi connectivity index (χ2n) is 11.0. The largest absolute Gasteiger partial charge is 0.390 e. The van der Waals surface area contributed by atoms with Crippen molar-refractivity contribution in [2.75, 3.05) is 17.2 Å². The summed E-state index contributed by atoms with van der Waals surface area (Å²) in [5, 5.41) is 24.9. The number of carbonyl (C=O) groups is 2. The van der Waals surface area contributed by atoms with Crippen LogP contribution in [0.15, 0.2) is 12.3 Å². The van der Waals surface area contributed by atoms with Gasteiger partial charge >= 0.3 is 11.8 Å². The number of aromatic amines is 1. The second-order valence-corrected chi connectivity index (χ2v) is 11.0. The number of carbonyl (C=O) groups excluding carboxylic acids is 2. The van der Waals surface area contributed by atoms with Crippen LogP contribution in [0.5, 0.6) is 0 Å². The Hall–Kier alpha value is -2.81. The average molecular weight is 451 g/mol. The molecule has 5 fully saturated rings. The van der Waals surface area contributed by atoms with Crippen LogP contribution in [0.25, 0.3) is 11.3 Å². The Morgan fingerprint density at radius 1 is 1.18 bits per heavy atom. The van der Waals surface area contributed by atoms with Crippen LogP contribution in [0.2, 0.25) is 0 Å². The predicted octanol–water partition coefficient (Wildman–Crippen LogP) is 2.38. The Balaban J connectivity index is 1.24. The van der Waals surface area contributed by atoms with Gasteiger partial charge < -0.3 is 26.0 Å². The Bertz CT molecular complexity index is 1130. The lowest BCUT2D eigenvalue weighted by molar-refractivity contribution is -0.148. The molecule has 5 saturated carbocycles. The van der Waals surface area contributed by atoms with Gasteiger partial charge in [-0.05, 0) is 74.7 Å². The zero-order valence-electron chi connectivity index (χ0n) is 18.6. The minimum atomic E-state index is -0.664. The van der Waals surface area contributed by atoms with Crippen LogP contribution in [-0.2, 0) is 16.1 Å². The number of anilines is 2. The van der Waals surface area contributed by atoms with E-state index in [1.54, 1.807) is 0 Å². The molecule has 0 aromatic carbocycles. The molecule has 5 aliphatic carbocycles. The lowest BCUT2D eigenvalue weighted by Crippen LogP contribution is -2.55. The number of H-pyrrole nitrogens is 1. The molecular weight excluding hydrogens is 420 g/mol. The third kappa shape index (κ3) is 3.12.